The number of hydrogen-bond donors (Lipinski definition) is 1. The maximum absolute atomic E-state index is 12.5. The lowest BCUT2D eigenvalue weighted by molar-refractivity contribution is -0.122. The summed E-state index contributed by atoms with van der Waals surface area (Å²) in [7, 11) is 0. The molecule has 0 aliphatic rings. The van der Waals surface area contributed by atoms with Crippen LogP contribution in [0.5, 0.6) is 11.5 Å². The number of rotatable bonds is 8. The highest BCUT2D eigenvalue weighted by Gasteiger charge is 2.17. The largest absolute Gasteiger partial charge is 0.491 e. The van der Waals surface area contributed by atoms with Crippen LogP contribution < -0.4 is 14.8 Å². The number of aryl methyl sites for hydroxylation is 2. The molecule has 2 aromatic rings. The van der Waals surface area contributed by atoms with Gasteiger partial charge in [-0.15, -0.1) is 0 Å². The van der Waals surface area contributed by atoms with E-state index < -0.39 is 6.10 Å². The average molecular weight is 376 g/mol. The van der Waals surface area contributed by atoms with Gasteiger partial charge in [0.2, 0.25) is 0 Å². The SMILES string of the molecule is CCCCOc1ccccc1NC(=O)[C@H](C)Oc1cc(C)c(Cl)c(C)c1. The second-order valence-electron chi connectivity index (χ2n) is 6.32. The third kappa shape index (κ3) is 5.40. The van der Waals surface area contributed by atoms with Gasteiger partial charge in [-0.1, -0.05) is 37.1 Å². The fourth-order valence-electron chi connectivity index (χ4n) is 2.49. The van der Waals surface area contributed by atoms with E-state index in [2.05, 4.69) is 12.2 Å². The maximum atomic E-state index is 12.5. The van der Waals surface area contributed by atoms with Crippen molar-refractivity contribution < 1.29 is 14.3 Å². The van der Waals surface area contributed by atoms with Gasteiger partial charge in [-0.05, 0) is 62.6 Å². The van der Waals surface area contributed by atoms with E-state index in [0.717, 1.165) is 24.0 Å². The summed E-state index contributed by atoms with van der Waals surface area (Å²) >= 11 is 6.18. The number of halogens is 1. The molecule has 1 N–H and O–H groups in total. The van der Waals surface area contributed by atoms with Crippen molar-refractivity contribution in [3.8, 4) is 11.5 Å². The fourth-order valence-corrected chi connectivity index (χ4v) is 2.60. The smallest absolute Gasteiger partial charge is 0.265 e. The number of para-hydroxylation sites is 2. The topological polar surface area (TPSA) is 47.6 Å². The van der Waals surface area contributed by atoms with E-state index in [1.807, 2.05) is 50.2 Å². The lowest BCUT2D eigenvalue weighted by Gasteiger charge is -2.17. The molecule has 1 amide bonds. The van der Waals surface area contributed by atoms with Gasteiger partial charge in [-0.3, -0.25) is 4.79 Å². The zero-order chi connectivity index (χ0) is 19.1. The highest BCUT2D eigenvalue weighted by molar-refractivity contribution is 6.32. The van der Waals surface area contributed by atoms with Crippen LogP contribution in [0, 0.1) is 13.8 Å². The Kier molecular flexibility index (Phi) is 7.34. The Balaban J connectivity index is 2.03. The van der Waals surface area contributed by atoms with Crippen molar-refractivity contribution in [2.75, 3.05) is 11.9 Å². The second kappa shape index (κ2) is 9.48. The molecule has 0 heterocycles. The average Bonchev–Trinajstić information content (AvgIpc) is 2.61. The van der Waals surface area contributed by atoms with Gasteiger partial charge in [0.25, 0.3) is 5.91 Å². The van der Waals surface area contributed by atoms with Crippen molar-refractivity contribution in [1.82, 2.24) is 0 Å². The fraction of sp³-hybridized carbons (Fsp3) is 0.381. The highest BCUT2D eigenvalue weighted by atomic mass is 35.5. The minimum absolute atomic E-state index is 0.234. The van der Waals surface area contributed by atoms with Crippen molar-refractivity contribution in [2.45, 2.75) is 46.6 Å². The molecular formula is C21H26ClNO3. The Hall–Kier alpha value is -2.20. The van der Waals surface area contributed by atoms with Gasteiger partial charge < -0.3 is 14.8 Å². The van der Waals surface area contributed by atoms with Gasteiger partial charge in [-0.25, -0.2) is 0 Å². The molecule has 0 unspecified atom stereocenters. The monoisotopic (exact) mass is 375 g/mol. The Morgan fingerprint density at radius 1 is 1.19 bits per heavy atom. The number of ether oxygens (including phenoxy) is 2. The van der Waals surface area contributed by atoms with Crippen LogP contribution in [0.25, 0.3) is 0 Å². The normalized spacial score (nSPS) is 11.7. The molecular weight excluding hydrogens is 350 g/mol. The van der Waals surface area contributed by atoms with Crippen LogP contribution in [0.2, 0.25) is 5.02 Å². The molecule has 4 nitrogen and oxygen atoms in total. The molecule has 2 rings (SSSR count). The molecule has 0 spiro atoms. The minimum atomic E-state index is -0.654. The second-order valence-corrected chi connectivity index (χ2v) is 6.70. The quantitative estimate of drug-likeness (QED) is 0.616. The van der Waals surface area contributed by atoms with E-state index in [9.17, 15) is 4.79 Å². The molecule has 0 radical (unpaired) electrons. The first-order valence-corrected chi connectivity index (χ1v) is 9.26. The lowest BCUT2D eigenvalue weighted by Crippen LogP contribution is -2.30. The van der Waals surface area contributed by atoms with E-state index in [4.69, 9.17) is 21.1 Å². The number of carbonyl (C=O) groups excluding carboxylic acids is 1. The summed E-state index contributed by atoms with van der Waals surface area (Å²) in [4.78, 5) is 12.5. The van der Waals surface area contributed by atoms with Crippen LogP contribution >= 0.6 is 11.6 Å². The predicted octanol–water partition coefficient (Wildman–Crippen LogP) is 5.54. The molecule has 0 saturated heterocycles. The van der Waals surface area contributed by atoms with Crippen LogP contribution in [-0.4, -0.2) is 18.6 Å². The zero-order valence-corrected chi connectivity index (χ0v) is 16.5. The van der Waals surface area contributed by atoms with Gasteiger partial charge in [0.1, 0.15) is 11.5 Å². The highest BCUT2D eigenvalue weighted by Crippen LogP contribution is 2.27. The molecule has 0 aliphatic heterocycles. The number of nitrogens with one attached hydrogen (secondary N) is 1. The summed E-state index contributed by atoms with van der Waals surface area (Å²) in [5.41, 5.74) is 2.49. The van der Waals surface area contributed by atoms with Gasteiger partial charge in [0.15, 0.2) is 6.10 Å². The Bertz CT molecular complexity index is 738. The molecule has 5 heteroatoms. The number of amides is 1. The van der Waals surface area contributed by atoms with Crippen molar-refractivity contribution >= 4 is 23.2 Å². The molecule has 26 heavy (non-hydrogen) atoms. The summed E-state index contributed by atoms with van der Waals surface area (Å²) in [6.45, 7) is 8.28. The van der Waals surface area contributed by atoms with Gasteiger partial charge in [0, 0.05) is 5.02 Å². The van der Waals surface area contributed by atoms with E-state index in [-0.39, 0.29) is 5.91 Å². The summed E-state index contributed by atoms with van der Waals surface area (Å²) in [6.07, 6.45) is 1.37. The van der Waals surface area contributed by atoms with Gasteiger partial charge in [-0.2, -0.15) is 0 Å². The standard InChI is InChI=1S/C21H26ClNO3/c1-5-6-11-25-19-10-8-7-9-18(19)23-21(24)16(4)26-17-12-14(2)20(22)15(3)13-17/h7-10,12-13,16H,5-6,11H2,1-4H3,(H,23,24)/t16-/m0/s1. The number of anilines is 1. The number of carbonyl (C=O) groups is 1. The third-order valence-electron chi connectivity index (χ3n) is 3.99. The Morgan fingerprint density at radius 2 is 1.85 bits per heavy atom. The first-order valence-electron chi connectivity index (χ1n) is 8.88. The molecule has 0 fully saturated rings. The van der Waals surface area contributed by atoms with Crippen molar-refractivity contribution in [3.05, 3.63) is 52.5 Å². The van der Waals surface area contributed by atoms with E-state index >= 15 is 0 Å². The Labute approximate surface area is 160 Å². The third-order valence-corrected chi connectivity index (χ3v) is 4.59. The minimum Gasteiger partial charge on any atom is -0.491 e. The van der Waals surface area contributed by atoms with Gasteiger partial charge in [0.05, 0.1) is 12.3 Å². The van der Waals surface area contributed by atoms with Crippen LogP contribution in [0.1, 0.15) is 37.8 Å². The summed E-state index contributed by atoms with van der Waals surface area (Å²) in [5.74, 6) is 1.06. The number of benzene rings is 2. The van der Waals surface area contributed by atoms with Crippen molar-refractivity contribution in [3.63, 3.8) is 0 Å². The van der Waals surface area contributed by atoms with Gasteiger partial charge >= 0.3 is 0 Å². The summed E-state index contributed by atoms with van der Waals surface area (Å²) in [5, 5.41) is 3.60. The van der Waals surface area contributed by atoms with Crippen molar-refractivity contribution in [1.29, 1.82) is 0 Å². The molecule has 0 aliphatic carbocycles. The molecule has 0 bridgehead atoms. The maximum Gasteiger partial charge on any atom is 0.265 e. The Morgan fingerprint density at radius 3 is 2.50 bits per heavy atom. The summed E-state index contributed by atoms with van der Waals surface area (Å²) < 4.78 is 11.5. The predicted molar refractivity (Wildman–Crippen MR) is 106 cm³/mol. The van der Waals surface area contributed by atoms with Crippen LogP contribution in [-0.2, 0) is 4.79 Å². The van der Waals surface area contributed by atoms with Crippen LogP contribution in [0.15, 0.2) is 36.4 Å². The molecule has 2 aromatic carbocycles. The van der Waals surface area contributed by atoms with Crippen molar-refractivity contribution in [2.24, 2.45) is 0 Å². The lowest BCUT2D eigenvalue weighted by atomic mass is 10.1. The van der Waals surface area contributed by atoms with E-state index in [0.29, 0.717) is 28.8 Å². The van der Waals surface area contributed by atoms with E-state index in [1.54, 1.807) is 6.92 Å². The van der Waals surface area contributed by atoms with Crippen LogP contribution in [0.3, 0.4) is 0 Å². The first-order chi connectivity index (χ1) is 12.4. The molecule has 0 aromatic heterocycles. The van der Waals surface area contributed by atoms with Crippen LogP contribution in [0.4, 0.5) is 5.69 Å². The molecule has 140 valence electrons. The number of hydrogen-bond acceptors (Lipinski definition) is 3. The zero-order valence-electron chi connectivity index (χ0n) is 15.8. The molecule has 1 atom stereocenters. The summed E-state index contributed by atoms with van der Waals surface area (Å²) in [6, 6.07) is 11.1. The first kappa shape index (κ1) is 20.1. The van der Waals surface area contributed by atoms with E-state index in [1.165, 1.54) is 0 Å². The number of unbranched alkanes of at least 4 members (excludes halogenated alkanes) is 1. The molecule has 0 saturated carbocycles.